The molecule has 0 saturated heterocycles. The Morgan fingerprint density at radius 3 is 2.58 bits per heavy atom. The molecule has 4 rings (SSSR count). The molecule has 0 radical (unpaired) electrons. The summed E-state index contributed by atoms with van der Waals surface area (Å²) in [5.41, 5.74) is 4.95. The molecule has 0 aromatic heterocycles. The Kier molecular flexibility index (Phi) is 7.67. The van der Waals surface area contributed by atoms with E-state index in [0.717, 1.165) is 25.1 Å². The van der Waals surface area contributed by atoms with Gasteiger partial charge in [0.2, 0.25) is 21.8 Å². The van der Waals surface area contributed by atoms with Crippen molar-refractivity contribution in [3.8, 4) is 5.75 Å². The van der Waals surface area contributed by atoms with Gasteiger partial charge in [0.1, 0.15) is 5.75 Å². The number of carbonyl (C=O) groups excluding carboxylic acids is 2. The summed E-state index contributed by atoms with van der Waals surface area (Å²) in [7, 11) is 1.51. The molecule has 194 valence electrons. The molecule has 2 aromatic carbocycles. The van der Waals surface area contributed by atoms with E-state index >= 15 is 0 Å². The van der Waals surface area contributed by atoms with Crippen molar-refractivity contribution < 1.29 is 22.7 Å². The van der Waals surface area contributed by atoms with Crippen LogP contribution in [0.15, 0.2) is 35.2 Å². The predicted molar refractivity (Wildman–Crippen MR) is 136 cm³/mol. The van der Waals surface area contributed by atoms with Gasteiger partial charge in [-0.3, -0.25) is 9.59 Å². The van der Waals surface area contributed by atoms with Crippen molar-refractivity contribution in [1.82, 2.24) is 19.4 Å². The minimum atomic E-state index is -3.82. The highest BCUT2D eigenvalue weighted by molar-refractivity contribution is 7.89. The fourth-order valence-electron chi connectivity index (χ4n) is 4.88. The van der Waals surface area contributed by atoms with Gasteiger partial charge in [-0.1, -0.05) is 18.2 Å². The largest absolute Gasteiger partial charge is 0.497 e. The molecule has 0 saturated carbocycles. The Bertz CT molecular complexity index is 1280. The Morgan fingerprint density at radius 1 is 1.08 bits per heavy atom. The molecule has 0 unspecified atom stereocenters. The van der Waals surface area contributed by atoms with Gasteiger partial charge in [0.15, 0.2) is 0 Å². The van der Waals surface area contributed by atoms with Crippen LogP contribution in [0.3, 0.4) is 0 Å². The van der Waals surface area contributed by atoms with Crippen LogP contribution in [-0.4, -0.2) is 81.7 Å². The number of ether oxygens (including phenoxy) is 1. The molecule has 0 spiro atoms. The average Bonchev–Trinajstić information content (AvgIpc) is 2.83. The van der Waals surface area contributed by atoms with Crippen molar-refractivity contribution in [2.24, 2.45) is 0 Å². The van der Waals surface area contributed by atoms with Gasteiger partial charge in [-0.15, -0.1) is 0 Å². The van der Waals surface area contributed by atoms with Gasteiger partial charge in [-0.25, -0.2) is 8.42 Å². The number of fused-ring (bicyclic) bond motifs is 2. The smallest absolute Gasteiger partial charge is 0.244 e. The van der Waals surface area contributed by atoms with E-state index in [2.05, 4.69) is 29.4 Å². The number of benzene rings is 2. The number of methoxy groups -OCH3 is 1. The number of nitrogens with zero attached hydrogens (tertiary/aromatic N) is 3. The summed E-state index contributed by atoms with van der Waals surface area (Å²) >= 11 is 0. The van der Waals surface area contributed by atoms with Gasteiger partial charge in [0.25, 0.3) is 0 Å². The van der Waals surface area contributed by atoms with Crippen LogP contribution in [0.25, 0.3) is 0 Å². The highest BCUT2D eigenvalue weighted by Gasteiger charge is 2.34. The Morgan fingerprint density at radius 2 is 1.83 bits per heavy atom. The first-order valence-electron chi connectivity index (χ1n) is 12.1. The van der Waals surface area contributed by atoms with Crippen molar-refractivity contribution in [2.75, 3.05) is 47.4 Å². The number of likely N-dealkylation sites (N-methyl/N-ethyl adjacent to an activating group) is 2. The second-order valence-electron chi connectivity index (χ2n) is 9.64. The zero-order chi connectivity index (χ0) is 26.0. The molecule has 0 atom stereocenters. The van der Waals surface area contributed by atoms with E-state index < -0.39 is 15.9 Å². The lowest BCUT2D eigenvalue weighted by atomic mass is 9.97. The second kappa shape index (κ2) is 10.6. The van der Waals surface area contributed by atoms with Crippen LogP contribution in [-0.2, 0) is 45.5 Å². The molecule has 2 aliphatic heterocycles. The SMILES string of the molecule is COc1cc(C)c2c(c1)CCN(CC(=O)NCC(=O)N(C)Cc1ccc3c(c1)CN(C)CC3)S2(=O)=O. The van der Waals surface area contributed by atoms with Crippen LogP contribution >= 0.6 is 0 Å². The number of sulfonamides is 1. The van der Waals surface area contributed by atoms with Crippen molar-refractivity contribution in [3.05, 3.63) is 58.1 Å². The number of hydrogen-bond donors (Lipinski definition) is 1. The third-order valence-electron chi connectivity index (χ3n) is 6.87. The fraction of sp³-hybridized carbons (Fsp3) is 0.462. The number of amides is 2. The topological polar surface area (TPSA) is 99.3 Å². The van der Waals surface area contributed by atoms with Crippen LogP contribution < -0.4 is 10.1 Å². The molecule has 2 heterocycles. The van der Waals surface area contributed by atoms with Crippen LogP contribution in [0.5, 0.6) is 5.75 Å². The number of nitrogens with one attached hydrogen (secondary N) is 1. The Hall–Kier alpha value is -2.95. The lowest BCUT2D eigenvalue weighted by Gasteiger charge is -2.29. The summed E-state index contributed by atoms with van der Waals surface area (Å²) in [5.74, 6) is -0.141. The molecule has 0 bridgehead atoms. The summed E-state index contributed by atoms with van der Waals surface area (Å²) in [6.45, 7) is 3.77. The van der Waals surface area contributed by atoms with E-state index in [1.54, 1.807) is 38.1 Å². The van der Waals surface area contributed by atoms with Crippen LogP contribution in [0.4, 0.5) is 0 Å². The van der Waals surface area contributed by atoms with Gasteiger partial charge < -0.3 is 19.9 Å². The van der Waals surface area contributed by atoms with E-state index in [-0.39, 0.29) is 30.4 Å². The zero-order valence-electron chi connectivity index (χ0n) is 21.3. The number of rotatable bonds is 7. The summed E-state index contributed by atoms with van der Waals surface area (Å²) < 4.78 is 32.7. The maximum Gasteiger partial charge on any atom is 0.244 e. The first kappa shape index (κ1) is 26.1. The standard InChI is InChI=1S/C26H34N4O5S/c1-18-11-23(35-4)13-21-8-10-30(36(33,34)26(18)21)17-24(31)27-14-25(32)29(3)15-19-5-6-20-7-9-28(2)16-22(20)12-19/h5-6,11-13H,7-10,14-17H2,1-4H3,(H,27,31). The molecule has 1 N–H and O–H groups in total. The maximum absolute atomic E-state index is 13.2. The van der Waals surface area contributed by atoms with Gasteiger partial charge in [-0.05, 0) is 66.8 Å². The van der Waals surface area contributed by atoms with Gasteiger partial charge in [0.05, 0.1) is 25.1 Å². The summed E-state index contributed by atoms with van der Waals surface area (Å²) in [6, 6.07) is 9.72. The highest BCUT2D eigenvalue weighted by atomic mass is 32.2. The van der Waals surface area contributed by atoms with Crippen molar-refractivity contribution in [2.45, 2.75) is 37.8 Å². The zero-order valence-corrected chi connectivity index (χ0v) is 22.2. The first-order chi connectivity index (χ1) is 17.1. The van der Waals surface area contributed by atoms with Crippen molar-refractivity contribution in [1.29, 1.82) is 0 Å². The molecular formula is C26H34N4O5S. The third-order valence-corrected chi connectivity index (χ3v) is 8.96. The quantitative estimate of drug-likeness (QED) is 0.598. The van der Waals surface area contributed by atoms with E-state index in [9.17, 15) is 18.0 Å². The number of carbonyl (C=O) groups is 2. The average molecular weight is 515 g/mol. The van der Waals surface area contributed by atoms with Gasteiger partial charge in [0, 0.05) is 33.2 Å². The van der Waals surface area contributed by atoms with Crippen molar-refractivity contribution >= 4 is 21.8 Å². The van der Waals surface area contributed by atoms with E-state index in [0.29, 0.717) is 29.8 Å². The normalized spacial score (nSPS) is 17.1. The summed E-state index contributed by atoms with van der Waals surface area (Å²) in [5, 5.41) is 2.58. The van der Waals surface area contributed by atoms with E-state index in [1.807, 2.05) is 6.07 Å². The molecule has 0 aliphatic carbocycles. The van der Waals surface area contributed by atoms with Crippen LogP contribution in [0, 0.1) is 6.92 Å². The maximum atomic E-state index is 13.2. The molecule has 9 nitrogen and oxygen atoms in total. The first-order valence-corrected chi connectivity index (χ1v) is 13.5. The minimum Gasteiger partial charge on any atom is -0.497 e. The van der Waals surface area contributed by atoms with Gasteiger partial charge >= 0.3 is 0 Å². The minimum absolute atomic E-state index is 0.191. The second-order valence-corrected chi connectivity index (χ2v) is 11.5. The summed E-state index contributed by atoms with van der Waals surface area (Å²) in [6.07, 6.45) is 1.51. The van der Waals surface area contributed by atoms with Crippen LogP contribution in [0.2, 0.25) is 0 Å². The highest BCUT2D eigenvalue weighted by Crippen LogP contribution is 2.32. The summed E-state index contributed by atoms with van der Waals surface area (Å²) in [4.78, 5) is 29.3. The lowest BCUT2D eigenvalue weighted by molar-refractivity contribution is -0.132. The Labute approximate surface area is 213 Å². The van der Waals surface area contributed by atoms with Crippen LogP contribution in [0.1, 0.15) is 27.8 Å². The molecule has 36 heavy (non-hydrogen) atoms. The van der Waals surface area contributed by atoms with Gasteiger partial charge in [-0.2, -0.15) is 4.31 Å². The Balaban J connectivity index is 1.32. The molecule has 10 heteroatoms. The van der Waals surface area contributed by atoms with E-state index in [1.165, 1.54) is 15.4 Å². The molecule has 2 aliphatic rings. The van der Waals surface area contributed by atoms with Crippen molar-refractivity contribution in [3.63, 3.8) is 0 Å². The monoisotopic (exact) mass is 514 g/mol. The molecule has 2 aromatic rings. The number of aryl methyl sites for hydroxylation is 1. The lowest BCUT2D eigenvalue weighted by Crippen LogP contribution is -2.46. The number of hydrogen-bond acceptors (Lipinski definition) is 6. The van der Waals surface area contributed by atoms with E-state index in [4.69, 9.17) is 4.74 Å². The predicted octanol–water partition coefficient (Wildman–Crippen LogP) is 1.31. The third kappa shape index (κ3) is 5.55. The molecule has 2 amide bonds. The fourth-order valence-corrected chi connectivity index (χ4v) is 6.71. The molecular weight excluding hydrogens is 480 g/mol. The molecule has 0 fully saturated rings.